The largest absolute Gasteiger partial charge is 0.466 e. The third-order valence-electron chi connectivity index (χ3n) is 13.9. The van der Waals surface area contributed by atoms with Crippen LogP contribution < -0.4 is 5.32 Å². The number of rotatable bonds is 56. The summed E-state index contributed by atoms with van der Waals surface area (Å²) in [6.45, 7) is 4.87. The van der Waals surface area contributed by atoms with Gasteiger partial charge >= 0.3 is 5.97 Å². The zero-order chi connectivity index (χ0) is 49.3. The summed E-state index contributed by atoms with van der Waals surface area (Å²) in [7, 11) is 0. The highest BCUT2D eigenvalue weighted by atomic mass is 16.5. The number of hydrogen-bond donors (Lipinski definition) is 3. The molecule has 0 rings (SSSR count). The summed E-state index contributed by atoms with van der Waals surface area (Å²) >= 11 is 0. The van der Waals surface area contributed by atoms with E-state index >= 15 is 0 Å². The van der Waals surface area contributed by atoms with Crippen LogP contribution in [0.1, 0.15) is 322 Å². The summed E-state index contributed by atoms with van der Waals surface area (Å²) in [6, 6.07) is -0.635. The van der Waals surface area contributed by atoms with Gasteiger partial charge in [-0.1, -0.05) is 281 Å². The molecular weight excluding hydrogens is 839 g/mol. The first kappa shape index (κ1) is 66.1. The predicted octanol–water partition coefficient (Wildman–Crippen LogP) is 18.8. The molecule has 0 bridgehead atoms. The van der Waals surface area contributed by atoms with Crippen molar-refractivity contribution in [1.82, 2.24) is 5.32 Å². The minimum atomic E-state index is -0.851. The van der Waals surface area contributed by atoms with E-state index in [1.807, 2.05) is 6.08 Å². The van der Waals surface area contributed by atoms with Gasteiger partial charge in [-0.2, -0.15) is 0 Å². The normalized spacial score (nSPS) is 12.8. The van der Waals surface area contributed by atoms with Crippen LogP contribution >= 0.6 is 0 Å². The Morgan fingerprint density at radius 2 is 0.721 bits per heavy atom. The minimum absolute atomic E-state index is 0.00946. The fraction of sp³-hybridized carbons (Fsp3) is 0.871. The quantitative estimate of drug-likeness (QED) is 0.0244. The Kier molecular flexibility index (Phi) is 56.0. The Hall–Kier alpha value is -1.92. The maximum absolute atomic E-state index is 12.4. The van der Waals surface area contributed by atoms with Crippen molar-refractivity contribution in [2.45, 2.75) is 334 Å². The third kappa shape index (κ3) is 53.4. The molecule has 0 saturated carbocycles. The topological polar surface area (TPSA) is 95.9 Å². The number of allylic oxidation sites excluding steroid dienone is 5. The van der Waals surface area contributed by atoms with Crippen LogP contribution in [0.25, 0.3) is 0 Å². The van der Waals surface area contributed by atoms with Crippen LogP contribution in [0.3, 0.4) is 0 Å². The molecule has 2 atom stereocenters. The van der Waals surface area contributed by atoms with Crippen LogP contribution in [0.5, 0.6) is 0 Å². The average Bonchev–Trinajstić information content (AvgIpc) is 3.34. The van der Waals surface area contributed by atoms with E-state index in [1.54, 1.807) is 6.08 Å². The van der Waals surface area contributed by atoms with Crippen molar-refractivity contribution in [1.29, 1.82) is 0 Å². The Bertz CT molecular complexity index is 1100. The Morgan fingerprint density at radius 3 is 1.09 bits per heavy atom. The summed E-state index contributed by atoms with van der Waals surface area (Å²) < 4.78 is 5.47. The van der Waals surface area contributed by atoms with Gasteiger partial charge in [-0.05, 0) is 64.2 Å². The molecular formula is C62H117NO5. The molecule has 400 valence electrons. The highest BCUT2D eigenvalue weighted by molar-refractivity contribution is 5.76. The van der Waals surface area contributed by atoms with E-state index in [0.29, 0.717) is 19.4 Å². The number of nitrogens with one attached hydrogen (secondary N) is 1. The molecule has 0 heterocycles. The zero-order valence-electron chi connectivity index (χ0n) is 45.6. The van der Waals surface area contributed by atoms with Crippen LogP contribution in [0, 0.1) is 0 Å². The first-order chi connectivity index (χ1) is 33.5. The van der Waals surface area contributed by atoms with E-state index in [0.717, 1.165) is 77.0 Å². The molecule has 0 aliphatic heterocycles. The molecule has 0 spiro atoms. The third-order valence-corrected chi connectivity index (χ3v) is 13.9. The second-order valence-corrected chi connectivity index (χ2v) is 20.7. The van der Waals surface area contributed by atoms with Gasteiger partial charge in [0.2, 0.25) is 5.91 Å². The van der Waals surface area contributed by atoms with Crippen LogP contribution in [0.15, 0.2) is 36.5 Å². The molecule has 2 unspecified atom stereocenters. The van der Waals surface area contributed by atoms with Crippen LogP contribution in [-0.4, -0.2) is 47.4 Å². The average molecular weight is 957 g/mol. The lowest BCUT2D eigenvalue weighted by molar-refractivity contribution is -0.143. The van der Waals surface area contributed by atoms with Gasteiger partial charge in [-0.3, -0.25) is 9.59 Å². The number of amides is 1. The summed E-state index contributed by atoms with van der Waals surface area (Å²) in [5.41, 5.74) is 0. The molecule has 0 aromatic carbocycles. The minimum Gasteiger partial charge on any atom is -0.466 e. The van der Waals surface area contributed by atoms with Crippen LogP contribution in [0.4, 0.5) is 0 Å². The van der Waals surface area contributed by atoms with Gasteiger partial charge in [0, 0.05) is 12.8 Å². The van der Waals surface area contributed by atoms with Gasteiger partial charge < -0.3 is 20.3 Å². The molecule has 0 saturated heterocycles. The number of aliphatic hydroxyl groups is 2. The molecule has 0 aliphatic rings. The number of aliphatic hydroxyl groups excluding tert-OH is 2. The molecule has 3 N–H and O–H groups in total. The number of carbonyl (C=O) groups excluding carboxylic acids is 2. The first-order valence-corrected chi connectivity index (χ1v) is 30.3. The molecule has 0 aliphatic carbocycles. The summed E-state index contributed by atoms with van der Waals surface area (Å²) in [4.78, 5) is 24.5. The van der Waals surface area contributed by atoms with Crippen LogP contribution in [-0.2, 0) is 14.3 Å². The molecule has 1 amide bonds. The molecule has 0 fully saturated rings. The van der Waals surface area contributed by atoms with Crippen molar-refractivity contribution in [2.75, 3.05) is 13.2 Å². The fourth-order valence-corrected chi connectivity index (χ4v) is 9.27. The first-order valence-electron chi connectivity index (χ1n) is 30.3. The van der Waals surface area contributed by atoms with Gasteiger partial charge in [-0.25, -0.2) is 0 Å². The van der Waals surface area contributed by atoms with Gasteiger partial charge in [0.05, 0.1) is 25.4 Å². The van der Waals surface area contributed by atoms with Crippen LogP contribution in [0.2, 0.25) is 0 Å². The lowest BCUT2D eigenvalue weighted by Crippen LogP contribution is -2.45. The monoisotopic (exact) mass is 956 g/mol. The van der Waals surface area contributed by atoms with Gasteiger partial charge in [0.1, 0.15) is 0 Å². The zero-order valence-corrected chi connectivity index (χ0v) is 45.6. The molecule has 0 radical (unpaired) electrons. The van der Waals surface area contributed by atoms with Crippen molar-refractivity contribution in [3.05, 3.63) is 36.5 Å². The highest BCUT2D eigenvalue weighted by Crippen LogP contribution is 2.17. The van der Waals surface area contributed by atoms with Crippen molar-refractivity contribution in [2.24, 2.45) is 0 Å². The van der Waals surface area contributed by atoms with Crippen molar-refractivity contribution in [3.8, 4) is 0 Å². The summed E-state index contributed by atoms with van der Waals surface area (Å²) in [6.07, 6.45) is 71.8. The second-order valence-electron chi connectivity index (χ2n) is 20.7. The number of carbonyl (C=O) groups is 2. The Balaban J connectivity index is 3.46. The van der Waals surface area contributed by atoms with Crippen molar-refractivity contribution in [3.63, 3.8) is 0 Å². The smallest absolute Gasteiger partial charge is 0.305 e. The second kappa shape index (κ2) is 57.7. The lowest BCUT2D eigenvalue weighted by atomic mass is 10.0. The summed E-state index contributed by atoms with van der Waals surface area (Å²) in [5, 5.41) is 23.1. The van der Waals surface area contributed by atoms with E-state index in [4.69, 9.17) is 4.74 Å². The highest BCUT2D eigenvalue weighted by Gasteiger charge is 2.18. The van der Waals surface area contributed by atoms with E-state index in [2.05, 4.69) is 43.5 Å². The number of ether oxygens (including phenoxy) is 1. The molecule has 68 heavy (non-hydrogen) atoms. The van der Waals surface area contributed by atoms with Gasteiger partial charge in [0.15, 0.2) is 0 Å². The van der Waals surface area contributed by atoms with E-state index < -0.39 is 12.1 Å². The lowest BCUT2D eigenvalue weighted by Gasteiger charge is -2.20. The standard InChI is InChI=1S/C62H117NO5/c1-3-5-7-9-11-13-15-17-18-19-21-25-28-32-36-40-44-48-52-56-62(67)68-57-53-49-45-41-37-33-29-26-23-20-22-24-27-31-35-39-43-47-51-55-61(66)63-59(58-64)60(65)54-50-46-42-38-34-30-16-14-12-10-8-6-4-2/h26,29,33,37,50,54,59-60,64-65H,3-25,27-28,30-32,34-36,38-49,51-53,55-58H2,1-2H3,(H,63,66)/b29-26-,37-33-,54-50+. The molecule has 0 aromatic heterocycles. The maximum atomic E-state index is 12.4. The number of esters is 1. The fourth-order valence-electron chi connectivity index (χ4n) is 9.27. The predicted molar refractivity (Wildman–Crippen MR) is 296 cm³/mol. The van der Waals surface area contributed by atoms with Crippen molar-refractivity contribution < 1.29 is 24.5 Å². The SMILES string of the molecule is CCCCCCCCCCCCC/C=C/C(O)C(CO)NC(=O)CCCCCCCCCCCC/C=C\C=C/CCCCCOC(=O)CCCCCCCCCCCCCCCCCCCCC. The molecule has 0 aromatic rings. The van der Waals surface area contributed by atoms with Crippen molar-refractivity contribution >= 4 is 11.9 Å². The van der Waals surface area contributed by atoms with Gasteiger partial charge in [-0.15, -0.1) is 0 Å². The van der Waals surface area contributed by atoms with E-state index in [-0.39, 0.29) is 18.5 Å². The summed E-state index contributed by atoms with van der Waals surface area (Å²) in [5.74, 6) is -0.0872. The Morgan fingerprint density at radius 1 is 0.412 bits per heavy atom. The number of hydrogen-bond acceptors (Lipinski definition) is 5. The maximum Gasteiger partial charge on any atom is 0.305 e. The molecule has 6 heteroatoms. The van der Waals surface area contributed by atoms with E-state index in [9.17, 15) is 19.8 Å². The van der Waals surface area contributed by atoms with E-state index in [1.165, 1.54) is 218 Å². The molecule has 6 nitrogen and oxygen atoms in total. The van der Waals surface area contributed by atoms with Gasteiger partial charge in [0.25, 0.3) is 0 Å². The Labute approximate surface area is 424 Å². The number of unbranched alkanes of at least 4 members (excludes halogenated alkanes) is 42.